The maximum atomic E-state index is 12.3. The minimum absolute atomic E-state index is 0.464. The molecule has 0 heterocycles. The van der Waals surface area contributed by atoms with Gasteiger partial charge in [0.25, 0.3) is 5.91 Å². The highest BCUT2D eigenvalue weighted by molar-refractivity contribution is 6.30. The first-order valence-corrected chi connectivity index (χ1v) is 8.94. The number of rotatable bonds is 8. The van der Waals surface area contributed by atoms with Crippen LogP contribution in [0.25, 0.3) is 0 Å². The van der Waals surface area contributed by atoms with Crippen LogP contribution in [0.15, 0.2) is 48.5 Å². The van der Waals surface area contributed by atoms with Gasteiger partial charge in [0.05, 0.1) is 12.3 Å². The topological polar surface area (TPSA) is 73.9 Å². The fourth-order valence-electron chi connectivity index (χ4n) is 2.17. The number of amides is 1. The van der Waals surface area contributed by atoms with Crippen LogP contribution in [0, 0.1) is 0 Å². The minimum Gasteiger partial charge on any atom is -0.492 e. The number of hydrogen-bond donors (Lipinski definition) is 1. The average molecular weight is 392 g/mol. The molecule has 0 spiro atoms. The molecule has 0 aliphatic heterocycles. The molecule has 0 aliphatic carbocycles. The van der Waals surface area contributed by atoms with Gasteiger partial charge < -0.3 is 19.5 Å². The summed E-state index contributed by atoms with van der Waals surface area (Å²) in [5, 5.41) is 3.26. The standard InChI is InChI=1S/C20H22ClNO5/c1-4-25-18-8-6-5-7-17(18)22-19(23)13(2)27-20(24)14(3)26-16-11-9-15(21)10-12-16/h5-14H,4H2,1-3H3,(H,22,23)/t13-,14+/m0/s1. The van der Waals surface area contributed by atoms with Crippen molar-refractivity contribution in [1.29, 1.82) is 0 Å². The summed E-state index contributed by atoms with van der Waals surface area (Å²) in [4.78, 5) is 24.5. The average Bonchev–Trinajstić information content (AvgIpc) is 2.65. The molecule has 0 aromatic heterocycles. The number of carbonyl (C=O) groups excluding carboxylic acids is 2. The molecule has 2 rings (SSSR count). The molecule has 2 atom stereocenters. The van der Waals surface area contributed by atoms with Gasteiger partial charge in [-0.05, 0) is 57.2 Å². The summed E-state index contributed by atoms with van der Waals surface area (Å²) < 4.78 is 16.2. The molecular formula is C20H22ClNO5. The molecule has 0 fully saturated rings. The van der Waals surface area contributed by atoms with Crippen LogP contribution in [-0.4, -0.2) is 30.7 Å². The van der Waals surface area contributed by atoms with E-state index in [0.29, 0.717) is 28.8 Å². The molecule has 0 saturated heterocycles. The second-order valence-electron chi connectivity index (χ2n) is 5.71. The Morgan fingerprint density at radius 2 is 1.70 bits per heavy atom. The zero-order valence-corrected chi connectivity index (χ0v) is 16.2. The van der Waals surface area contributed by atoms with E-state index in [4.69, 9.17) is 25.8 Å². The highest BCUT2D eigenvalue weighted by atomic mass is 35.5. The summed E-state index contributed by atoms with van der Waals surface area (Å²) >= 11 is 5.81. The Kier molecular flexibility index (Phi) is 7.49. The normalized spacial score (nSPS) is 12.6. The summed E-state index contributed by atoms with van der Waals surface area (Å²) in [6.07, 6.45) is -1.87. The van der Waals surface area contributed by atoms with Crippen LogP contribution in [0.2, 0.25) is 5.02 Å². The smallest absolute Gasteiger partial charge is 0.347 e. The molecule has 1 amide bonds. The largest absolute Gasteiger partial charge is 0.492 e. The summed E-state index contributed by atoms with van der Waals surface area (Å²) in [5.41, 5.74) is 0.512. The molecule has 2 aromatic rings. The van der Waals surface area contributed by atoms with Gasteiger partial charge in [-0.1, -0.05) is 23.7 Å². The number of anilines is 1. The lowest BCUT2D eigenvalue weighted by Crippen LogP contribution is -2.35. The summed E-state index contributed by atoms with van der Waals surface area (Å²) in [7, 11) is 0. The predicted molar refractivity (Wildman–Crippen MR) is 103 cm³/mol. The van der Waals surface area contributed by atoms with Crippen molar-refractivity contribution in [3.05, 3.63) is 53.6 Å². The van der Waals surface area contributed by atoms with Crippen molar-refractivity contribution < 1.29 is 23.8 Å². The van der Waals surface area contributed by atoms with Gasteiger partial charge in [-0.25, -0.2) is 4.79 Å². The van der Waals surface area contributed by atoms with E-state index in [-0.39, 0.29) is 0 Å². The van der Waals surface area contributed by atoms with Crippen molar-refractivity contribution in [1.82, 2.24) is 0 Å². The van der Waals surface area contributed by atoms with Crippen LogP contribution in [0.3, 0.4) is 0 Å². The highest BCUT2D eigenvalue weighted by Crippen LogP contribution is 2.24. The molecule has 6 nitrogen and oxygen atoms in total. The number of hydrogen-bond acceptors (Lipinski definition) is 5. The van der Waals surface area contributed by atoms with Gasteiger partial charge in [0, 0.05) is 5.02 Å². The van der Waals surface area contributed by atoms with Crippen LogP contribution in [0.1, 0.15) is 20.8 Å². The maximum Gasteiger partial charge on any atom is 0.347 e. The van der Waals surface area contributed by atoms with Crippen molar-refractivity contribution in [3.63, 3.8) is 0 Å². The van der Waals surface area contributed by atoms with Gasteiger partial charge in [0.2, 0.25) is 0 Å². The number of esters is 1. The number of carbonyl (C=O) groups is 2. The second kappa shape index (κ2) is 9.83. The van der Waals surface area contributed by atoms with Crippen molar-refractivity contribution >= 4 is 29.2 Å². The Balaban J connectivity index is 1.91. The van der Waals surface area contributed by atoms with Crippen molar-refractivity contribution in [2.45, 2.75) is 33.0 Å². The second-order valence-corrected chi connectivity index (χ2v) is 6.15. The van der Waals surface area contributed by atoms with Crippen molar-refractivity contribution in [3.8, 4) is 11.5 Å². The lowest BCUT2D eigenvalue weighted by atomic mass is 10.2. The van der Waals surface area contributed by atoms with Crippen molar-refractivity contribution in [2.75, 3.05) is 11.9 Å². The van der Waals surface area contributed by atoms with Gasteiger partial charge in [-0.3, -0.25) is 4.79 Å². The zero-order chi connectivity index (χ0) is 19.8. The molecule has 0 bridgehead atoms. The summed E-state index contributed by atoms with van der Waals surface area (Å²) in [5.74, 6) is -0.0854. The molecule has 1 N–H and O–H groups in total. The third kappa shape index (κ3) is 6.18. The predicted octanol–water partition coefficient (Wildman–Crippen LogP) is 4.08. The maximum absolute atomic E-state index is 12.3. The zero-order valence-electron chi connectivity index (χ0n) is 15.4. The Morgan fingerprint density at radius 3 is 2.37 bits per heavy atom. The lowest BCUT2D eigenvalue weighted by molar-refractivity contribution is -0.159. The van der Waals surface area contributed by atoms with Gasteiger partial charge in [0.15, 0.2) is 12.2 Å². The molecule has 0 unspecified atom stereocenters. The molecule has 0 radical (unpaired) electrons. The number of halogens is 1. The fraction of sp³-hybridized carbons (Fsp3) is 0.300. The van der Waals surface area contributed by atoms with E-state index in [1.165, 1.54) is 6.92 Å². The first-order valence-electron chi connectivity index (χ1n) is 8.56. The quantitative estimate of drug-likeness (QED) is 0.686. The Hall–Kier alpha value is -2.73. The first-order chi connectivity index (χ1) is 12.9. The van der Waals surface area contributed by atoms with Crippen LogP contribution in [-0.2, 0) is 14.3 Å². The SMILES string of the molecule is CCOc1ccccc1NC(=O)[C@H](C)OC(=O)[C@@H](C)Oc1ccc(Cl)cc1. The van der Waals surface area contributed by atoms with Crippen LogP contribution in [0.4, 0.5) is 5.69 Å². The fourth-order valence-corrected chi connectivity index (χ4v) is 2.30. The first kappa shape index (κ1) is 20.6. The van der Waals surface area contributed by atoms with Crippen LogP contribution in [0.5, 0.6) is 11.5 Å². The molecule has 0 aliphatic rings. The molecule has 2 aromatic carbocycles. The monoisotopic (exact) mass is 391 g/mol. The van der Waals surface area contributed by atoms with E-state index < -0.39 is 24.1 Å². The Labute approximate surface area is 163 Å². The van der Waals surface area contributed by atoms with Crippen molar-refractivity contribution in [2.24, 2.45) is 0 Å². The van der Waals surface area contributed by atoms with Crippen LogP contribution >= 0.6 is 11.6 Å². The molecule has 27 heavy (non-hydrogen) atoms. The third-order valence-electron chi connectivity index (χ3n) is 3.57. The van der Waals surface area contributed by atoms with E-state index >= 15 is 0 Å². The summed E-state index contributed by atoms with van der Waals surface area (Å²) in [6, 6.07) is 13.6. The van der Waals surface area contributed by atoms with E-state index in [0.717, 1.165) is 0 Å². The van der Waals surface area contributed by atoms with E-state index in [2.05, 4.69) is 5.32 Å². The number of para-hydroxylation sites is 2. The Morgan fingerprint density at radius 1 is 1.04 bits per heavy atom. The lowest BCUT2D eigenvalue weighted by Gasteiger charge is -2.18. The minimum atomic E-state index is -0.997. The van der Waals surface area contributed by atoms with E-state index in [1.54, 1.807) is 55.5 Å². The van der Waals surface area contributed by atoms with E-state index in [9.17, 15) is 9.59 Å². The molecule has 7 heteroatoms. The third-order valence-corrected chi connectivity index (χ3v) is 3.82. The number of ether oxygens (including phenoxy) is 3. The molecule has 144 valence electrons. The van der Waals surface area contributed by atoms with Gasteiger partial charge >= 0.3 is 5.97 Å². The van der Waals surface area contributed by atoms with Gasteiger partial charge in [-0.2, -0.15) is 0 Å². The molecular weight excluding hydrogens is 370 g/mol. The number of nitrogens with one attached hydrogen (secondary N) is 1. The van der Waals surface area contributed by atoms with Crippen LogP contribution < -0.4 is 14.8 Å². The summed E-state index contributed by atoms with van der Waals surface area (Å²) in [6.45, 7) is 5.36. The van der Waals surface area contributed by atoms with Gasteiger partial charge in [0.1, 0.15) is 11.5 Å². The molecule has 0 saturated carbocycles. The Bertz CT molecular complexity index is 778. The highest BCUT2D eigenvalue weighted by Gasteiger charge is 2.24. The van der Waals surface area contributed by atoms with Gasteiger partial charge in [-0.15, -0.1) is 0 Å². The number of benzene rings is 2. The van der Waals surface area contributed by atoms with E-state index in [1.807, 2.05) is 6.92 Å².